The average Bonchev–Trinajstić information content (AvgIpc) is 2.65. The quantitative estimate of drug-likeness (QED) is 0.652. The highest BCUT2D eigenvalue weighted by atomic mass is 16.5. The van der Waals surface area contributed by atoms with E-state index in [0.717, 1.165) is 17.9 Å². The second-order valence-corrected chi connectivity index (χ2v) is 11.5. The Labute approximate surface area is 189 Å². The van der Waals surface area contributed by atoms with E-state index in [2.05, 4.69) is 59.8 Å². The van der Waals surface area contributed by atoms with Crippen molar-refractivity contribution in [1.82, 2.24) is 9.88 Å². The van der Waals surface area contributed by atoms with Gasteiger partial charge in [-0.25, -0.2) is 4.98 Å². The predicted octanol–water partition coefficient (Wildman–Crippen LogP) is 4.54. The van der Waals surface area contributed by atoms with Gasteiger partial charge in [-0.3, -0.25) is 4.79 Å². The van der Waals surface area contributed by atoms with Crippen molar-refractivity contribution in [2.45, 2.75) is 79.9 Å². The van der Waals surface area contributed by atoms with Crippen molar-refractivity contribution in [3.05, 3.63) is 23.9 Å². The maximum atomic E-state index is 13.0. The molecule has 31 heavy (non-hydrogen) atoms. The molecule has 1 N–H and O–H groups in total. The van der Waals surface area contributed by atoms with Crippen LogP contribution in [0.25, 0.3) is 0 Å². The molecule has 176 valence electrons. The topological polar surface area (TPSA) is 63.7 Å². The third-order valence-electron chi connectivity index (χ3n) is 6.23. The van der Waals surface area contributed by atoms with Crippen molar-refractivity contribution in [1.29, 1.82) is 0 Å². The summed E-state index contributed by atoms with van der Waals surface area (Å²) in [5, 5.41) is 3.44. The number of nitrogens with one attached hydrogen (secondary N) is 1. The molecule has 0 aromatic carbocycles. The molecule has 1 saturated heterocycles. The van der Waals surface area contributed by atoms with E-state index in [-0.39, 0.29) is 16.9 Å². The lowest BCUT2D eigenvalue weighted by molar-refractivity contribution is -0.159. The number of ether oxygens (including phenoxy) is 2. The number of amides is 1. The zero-order valence-electron chi connectivity index (χ0n) is 21.1. The standard InChI is InChI=1S/C25H43N3O3/c1-22(2,3)27-20-12-10-11-19(26-20)17-24(6,7)25(8,9)31-18-23(4,5)21(29)28-13-15-30-16-14-28/h10-12H,13-18H2,1-9H3,(H,26,27). The molecular weight excluding hydrogens is 390 g/mol. The third-order valence-corrected chi connectivity index (χ3v) is 6.23. The van der Waals surface area contributed by atoms with Crippen molar-refractivity contribution in [3.63, 3.8) is 0 Å². The minimum Gasteiger partial charge on any atom is -0.378 e. The average molecular weight is 434 g/mol. The van der Waals surface area contributed by atoms with Crippen LogP contribution in [0.4, 0.5) is 5.82 Å². The molecule has 2 heterocycles. The van der Waals surface area contributed by atoms with Gasteiger partial charge in [-0.1, -0.05) is 19.9 Å². The number of hydrogen-bond donors (Lipinski definition) is 1. The molecule has 0 spiro atoms. The molecule has 0 aliphatic carbocycles. The molecule has 2 rings (SSSR count). The third kappa shape index (κ3) is 7.18. The van der Waals surface area contributed by atoms with Crippen molar-refractivity contribution < 1.29 is 14.3 Å². The number of aromatic nitrogens is 1. The number of hydrogen-bond acceptors (Lipinski definition) is 5. The molecule has 0 bridgehead atoms. The molecule has 0 saturated carbocycles. The van der Waals surface area contributed by atoms with E-state index < -0.39 is 11.0 Å². The molecule has 6 nitrogen and oxygen atoms in total. The molecule has 1 aliphatic rings. The minimum atomic E-state index is -0.584. The zero-order valence-corrected chi connectivity index (χ0v) is 21.1. The SMILES string of the molecule is CC(C)(C)Nc1cccc(CC(C)(C)C(C)(C)OCC(C)(C)C(=O)N2CCOCC2)n1. The molecule has 1 amide bonds. The first-order valence-corrected chi connectivity index (χ1v) is 11.4. The normalized spacial score (nSPS) is 16.4. The van der Waals surface area contributed by atoms with Crippen LogP contribution in [-0.4, -0.2) is 59.8 Å². The van der Waals surface area contributed by atoms with E-state index >= 15 is 0 Å². The van der Waals surface area contributed by atoms with Crippen LogP contribution < -0.4 is 5.32 Å². The molecule has 1 fully saturated rings. The van der Waals surface area contributed by atoms with Crippen LogP contribution in [0.2, 0.25) is 0 Å². The molecule has 1 aromatic heterocycles. The monoisotopic (exact) mass is 433 g/mol. The lowest BCUT2D eigenvalue weighted by Crippen LogP contribution is -2.50. The summed E-state index contributed by atoms with van der Waals surface area (Å²) in [5.41, 5.74) is -0.218. The van der Waals surface area contributed by atoms with Gasteiger partial charge in [0.15, 0.2) is 0 Å². The fourth-order valence-electron chi connectivity index (χ4n) is 3.51. The molecular formula is C25H43N3O3. The Morgan fingerprint density at radius 2 is 1.68 bits per heavy atom. The van der Waals surface area contributed by atoms with Gasteiger partial charge in [0, 0.05) is 24.3 Å². The Hall–Kier alpha value is -1.66. The Balaban J connectivity index is 2.04. The lowest BCUT2D eigenvalue weighted by atomic mass is 9.73. The smallest absolute Gasteiger partial charge is 0.230 e. The summed E-state index contributed by atoms with van der Waals surface area (Å²) in [6.07, 6.45) is 0.775. The van der Waals surface area contributed by atoms with Crippen molar-refractivity contribution >= 4 is 11.7 Å². The van der Waals surface area contributed by atoms with Gasteiger partial charge in [0.25, 0.3) is 0 Å². The van der Waals surface area contributed by atoms with E-state index in [4.69, 9.17) is 14.5 Å². The van der Waals surface area contributed by atoms with Gasteiger partial charge in [-0.15, -0.1) is 0 Å². The lowest BCUT2D eigenvalue weighted by Gasteiger charge is -2.43. The van der Waals surface area contributed by atoms with E-state index in [0.29, 0.717) is 32.9 Å². The number of pyridine rings is 1. The highest BCUT2D eigenvalue weighted by Gasteiger charge is 2.41. The van der Waals surface area contributed by atoms with Crippen LogP contribution in [0.5, 0.6) is 0 Å². The molecule has 0 radical (unpaired) electrons. The van der Waals surface area contributed by atoms with Crippen LogP contribution in [-0.2, 0) is 20.7 Å². The second kappa shape index (κ2) is 9.45. The number of rotatable bonds is 8. The fourth-order valence-corrected chi connectivity index (χ4v) is 3.51. The molecule has 1 aliphatic heterocycles. The highest BCUT2D eigenvalue weighted by Crippen LogP contribution is 2.38. The van der Waals surface area contributed by atoms with Gasteiger partial charge in [0.05, 0.1) is 30.8 Å². The zero-order chi connectivity index (χ0) is 23.5. The van der Waals surface area contributed by atoms with Gasteiger partial charge in [-0.2, -0.15) is 0 Å². The molecule has 6 heteroatoms. The van der Waals surface area contributed by atoms with Crippen molar-refractivity contribution in [2.75, 3.05) is 38.2 Å². The van der Waals surface area contributed by atoms with Gasteiger partial charge in [0.2, 0.25) is 5.91 Å². The highest BCUT2D eigenvalue weighted by molar-refractivity contribution is 5.82. The van der Waals surface area contributed by atoms with Gasteiger partial charge < -0.3 is 19.7 Å². The first kappa shape index (κ1) is 25.6. The predicted molar refractivity (Wildman–Crippen MR) is 126 cm³/mol. The maximum Gasteiger partial charge on any atom is 0.230 e. The van der Waals surface area contributed by atoms with E-state index in [1.165, 1.54) is 0 Å². The van der Waals surface area contributed by atoms with Crippen LogP contribution >= 0.6 is 0 Å². The largest absolute Gasteiger partial charge is 0.378 e. The van der Waals surface area contributed by atoms with Crippen molar-refractivity contribution in [2.24, 2.45) is 10.8 Å². The molecule has 1 aromatic rings. The summed E-state index contributed by atoms with van der Waals surface area (Å²) in [6, 6.07) is 6.12. The number of anilines is 1. The van der Waals surface area contributed by atoms with Crippen LogP contribution in [0.1, 0.15) is 68.0 Å². The first-order chi connectivity index (χ1) is 14.1. The van der Waals surface area contributed by atoms with E-state index in [9.17, 15) is 4.79 Å². The van der Waals surface area contributed by atoms with Gasteiger partial charge in [0.1, 0.15) is 5.82 Å². The second-order valence-electron chi connectivity index (χ2n) is 11.5. The van der Waals surface area contributed by atoms with Gasteiger partial charge >= 0.3 is 0 Å². The summed E-state index contributed by atoms with van der Waals surface area (Å²) in [4.78, 5) is 19.7. The Bertz CT molecular complexity index is 745. The number of morpholine rings is 1. The Kier molecular flexibility index (Phi) is 7.81. The summed E-state index contributed by atoms with van der Waals surface area (Å²) < 4.78 is 11.8. The summed E-state index contributed by atoms with van der Waals surface area (Å²) in [7, 11) is 0. The minimum absolute atomic E-state index is 0.0396. The van der Waals surface area contributed by atoms with Crippen LogP contribution in [0.3, 0.4) is 0 Å². The molecule has 0 atom stereocenters. The van der Waals surface area contributed by atoms with Crippen molar-refractivity contribution in [3.8, 4) is 0 Å². The van der Waals surface area contributed by atoms with Crippen LogP contribution in [0.15, 0.2) is 18.2 Å². The molecule has 0 unspecified atom stereocenters. The van der Waals surface area contributed by atoms with Gasteiger partial charge in [-0.05, 0) is 72.4 Å². The van der Waals surface area contributed by atoms with E-state index in [1.54, 1.807) is 0 Å². The summed E-state index contributed by atoms with van der Waals surface area (Å²) in [6.45, 7) is 21.8. The number of carbonyl (C=O) groups excluding carboxylic acids is 1. The first-order valence-electron chi connectivity index (χ1n) is 11.4. The number of carbonyl (C=O) groups is 1. The number of nitrogens with zero attached hydrogens (tertiary/aromatic N) is 2. The maximum absolute atomic E-state index is 13.0. The van der Waals surface area contributed by atoms with Crippen LogP contribution in [0, 0.1) is 10.8 Å². The summed E-state index contributed by atoms with van der Waals surface area (Å²) in [5.74, 6) is 1.02. The Morgan fingerprint density at radius 1 is 1.06 bits per heavy atom. The van der Waals surface area contributed by atoms with E-state index in [1.807, 2.05) is 30.9 Å². The Morgan fingerprint density at radius 3 is 2.26 bits per heavy atom. The fraction of sp³-hybridized carbons (Fsp3) is 0.760. The summed E-state index contributed by atoms with van der Waals surface area (Å²) >= 11 is 0.